The molecule has 0 aromatic heterocycles. The zero-order valence-electron chi connectivity index (χ0n) is 4.85. The van der Waals surface area contributed by atoms with E-state index in [1.54, 1.807) is 0 Å². The van der Waals surface area contributed by atoms with Gasteiger partial charge < -0.3 is 10.5 Å². The summed E-state index contributed by atoms with van der Waals surface area (Å²) in [6, 6.07) is 0. The first-order valence-electron chi connectivity index (χ1n) is 2.69. The summed E-state index contributed by atoms with van der Waals surface area (Å²) in [6.07, 6.45) is 0.0774. The second-order valence-electron chi connectivity index (χ2n) is 1.79. The molecule has 1 fully saturated rings. The van der Waals surface area contributed by atoms with Crippen molar-refractivity contribution in [1.82, 2.24) is 10.9 Å². The average Bonchev–Trinajstić information content (AvgIpc) is 2.14. The van der Waals surface area contributed by atoms with Crippen molar-refractivity contribution in [3.05, 3.63) is 0 Å². The standard InChI is InChI=1S/C4H11N3O/c1-3-6-7-4(2-5)8-3/h3-4,6-7H,2,5H2,1H3/t3-,4+/m1/s1. The summed E-state index contributed by atoms with van der Waals surface area (Å²) in [6.45, 7) is 2.43. The minimum absolute atomic E-state index is 0.00926. The third kappa shape index (κ3) is 1.16. The molecule has 0 saturated carbocycles. The van der Waals surface area contributed by atoms with Gasteiger partial charge in [0.05, 0.1) is 0 Å². The van der Waals surface area contributed by atoms with Crippen molar-refractivity contribution in [1.29, 1.82) is 0 Å². The molecule has 1 aliphatic heterocycles. The predicted octanol–water partition coefficient (Wildman–Crippen LogP) is -1.26. The van der Waals surface area contributed by atoms with Crippen LogP contribution in [-0.4, -0.2) is 19.0 Å². The summed E-state index contributed by atoms with van der Waals surface area (Å²) in [7, 11) is 0. The minimum Gasteiger partial charge on any atom is -0.342 e. The molecule has 8 heavy (non-hydrogen) atoms. The summed E-state index contributed by atoms with van der Waals surface area (Å²) >= 11 is 0. The van der Waals surface area contributed by atoms with Gasteiger partial charge >= 0.3 is 0 Å². The Kier molecular flexibility index (Phi) is 1.80. The van der Waals surface area contributed by atoms with Crippen LogP contribution in [0.2, 0.25) is 0 Å². The molecule has 2 atom stereocenters. The van der Waals surface area contributed by atoms with E-state index in [9.17, 15) is 0 Å². The van der Waals surface area contributed by atoms with Crippen molar-refractivity contribution in [2.45, 2.75) is 19.4 Å². The maximum Gasteiger partial charge on any atom is 0.134 e. The van der Waals surface area contributed by atoms with Crippen LogP contribution in [0.25, 0.3) is 0 Å². The Morgan fingerprint density at radius 3 is 2.62 bits per heavy atom. The summed E-state index contributed by atoms with van der Waals surface area (Å²) in [5.41, 5.74) is 11.0. The van der Waals surface area contributed by atoms with E-state index in [2.05, 4.69) is 10.9 Å². The Morgan fingerprint density at radius 1 is 1.62 bits per heavy atom. The highest BCUT2D eigenvalue weighted by atomic mass is 16.5. The molecule has 0 aromatic carbocycles. The lowest BCUT2D eigenvalue weighted by atomic mass is 10.6. The molecular weight excluding hydrogens is 106 g/mol. The molecule has 48 valence electrons. The van der Waals surface area contributed by atoms with Gasteiger partial charge in [0.2, 0.25) is 0 Å². The van der Waals surface area contributed by atoms with Crippen LogP contribution in [0.3, 0.4) is 0 Å². The molecule has 0 radical (unpaired) electrons. The SMILES string of the molecule is C[C@@H]1NN[C@H](CN)O1. The lowest BCUT2D eigenvalue weighted by Crippen LogP contribution is -2.36. The summed E-state index contributed by atoms with van der Waals surface area (Å²) < 4.78 is 5.16. The van der Waals surface area contributed by atoms with E-state index in [-0.39, 0.29) is 12.5 Å². The third-order valence-electron chi connectivity index (χ3n) is 1.03. The number of hydrogen-bond acceptors (Lipinski definition) is 4. The third-order valence-corrected chi connectivity index (χ3v) is 1.03. The van der Waals surface area contributed by atoms with Gasteiger partial charge in [0, 0.05) is 6.54 Å². The van der Waals surface area contributed by atoms with Crippen molar-refractivity contribution in [2.24, 2.45) is 5.73 Å². The van der Waals surface area contributed by atoms with Crippen molar-refractivity contribution in [3.8, 4) is 0 Å². The Balaban J connectivity index is 2.22. The van der Waals surface area contributed by atoms with E-state index < -0.39 is 0 Å². The van der Waals surface area contributed by atoms with Gasteiger partial charge in [-0.2, -0.15) is 0 Å². The lowest BCUT2D eigenvalue weighted by Gasteiger charge is -2.03. The number of nitrogens with one attached hydrogen (secondary N) is 2. The number of hydrazine groups is 1. The summed E-state index contributed by atoms with van der Waals surface area (Å²) in [5.74, 6) is 0. The summed E-state index contributed by atoms with van der Waals surface area (Å²) in [4.78, 5) is 0. The lowest BCUT2D eigenvalue weighted by molar-refractivity contribution is 0.0516. The van der Waals surface area contributed by atoms with Gasteiger partial charge in [-0.25, -0.2) is 10.9 Å². The van der Waals surface area contributed by atoms with E-state index in [1.807, 2.05) is 6.92 Å². The van der Waals surface area contributed by atoms with E-state index in [4.69, 9.17) is 10.5 Å². The van der Waals surface area contributed by atoms with Gasteiger partial charge in [-0.3, -0.25) is 0 Å². The second-order valence-corrected chi connectivity index (χ2v) is 1.79. The molecule has 0 aromatic rings. The van der Waals surface area contributed by atoms with Crippen molar-refractivity contribution < 1.29 is 4.74 Å². The zero-order chi connectivity index (χ0) is 5.98. The van der Waals surface area contributed by atoms with E-state index in [0.717, 1.165) is 0 Å². The molecule has 0 amide bonds. The molecule has 1 rings (SSSR count). The topological polar surface area (TPSA) is 59.3 Å². The molecule has 4 nitrogen and oxygen atoms in total. The highest BCUT2D eigenvalue weighted by Crippen LogP contribution is 1.95. The van der Waals surface area contributed by atoms with Gasteiger partial charge in [-0.15, -0.1) is 0 Å². The van der Waals surface area contributed by atoms with Crippen molar-refractivity contribution in [2.75, 3.05) is 6.54 Å². The van der Waals surface area contributed by atoms with Crippen LogP contribution in [0, 0.1) is 0 Å². The van der Waals surface area contributed by atoms with Crippen molar-refractivity contribution >= 4 is 0 Å². The van der Waals surface area contributed by atoms with Crippen LogP contribution in [0.5, 0.6) is 0 Å². The predicted molar refractivity (Wildman–Crippen MR) is 29.7 cm³/mol. The van der Waals surface area contributed by atoms with E-state index in [0.29, 0.717) is 6.54 Å². The van der Waals surface area contributed by atoms with Gasteiger partial charge in [0.25, 0.3) is 0 Å². The second kappa shape index (κ2) is 2.41. The Labute approximate surface area is 48.4 Å². The Morgan fingerprint density at radius 2 is 2.38 bits per heavy atom. The Bertz CT molecular complexity index is 77.7. The maximum absolute atomic E-state index is 5.27. The Hall–Kier alpha value is -0.160. The quantitative estimate of drug-likeness (QED) is 0.401. The van der Waals surface area contributed by atoms with Crippen LogP contribution in [0.15, 0.2) is 0 Å². The first-order valence-corrected chi connectivity index (χ1v) is 2.69. The minimum atomic E-state index is -0.00926. The fourth-order valence-corrected chi connectivity index (χ4v) is 0.639. The van der Waals surface area contributed by atoms with Crippen LogP contribution >= 0.6 is 0 Å². The maximum atomic E-state index is 5.27. The summed E-state index contributed by atoms with van der Waals surface area (Å²) in [5, 5.41) is 0. The van der Waals surface area contributed by atoms with Crippen LogP contribution in [0.1, 0.15) is 6.92 Å². The molecule has 0 spiro atoms. The smallest absolute Gasteiger partial charge is 0.134 e. The molecule has 4 N–H and O–H groups in total. The van der Waals surface area contributed by atoms with E-state index >= 15 is 0 Å². The molecule has 0 aliphatic carbocycles. The van der Waals surface area contributed by atoms with Gasteiger partial charge in [-0.05, 0) is 6.92 Å². The first-order chi connectivity index (χ1) is 3.83. The average molecular weight is 117 g/mol. The fourth-order valence-electron chi connectivity index (χ4n) is 0.639. The van der Waals surface area contributed by atoms with Gasteiger partial charge in [-0.1, -0.05) is 0 Å². The molecule has 1 saturated heterocycles. The van der Waals surface area contributed by atoms with Gasteiger partial charge in [0.1, 0.15) is 12.5 Å². The molecular formula is C4H11N3O. The molecule has 4 heteroatoms. The number of nitrogens with two attached hydrogens (primary N) is 1. The van der Waals surface area contributed by atoms with Crippen LogP contribution in [0.4, 0.5) is 0 Å². The van der Waals surface area contributed by atoms with Crippen LogP contribution < -0.4 is 16.6 Å². The monoisotopic (exact) mass is 117 g/mol. The van der Waals surface area contributed by atoms with Gasteiger partial charge in [0.15, 0.2) is 0 Å². The number of rotatable bonds is 1. The van der Waals surface area contributed by atoms with Crippen molar-refractivity contribution in [3.63, 3.8) is 0 Å². The number of hydrogen-bond donors (Lipinski definition) is 3. The van der Waals surface area contributed by atoms with Crippen LogP contribution in [-0.2, 0) is 4.74 Å². The fraction of sp³-hybridized carbons (Fsp3) is 1.00. The largest absolute Gasteiger partial charge is 0.342 e. The highest BCUT2D eigenvalue weighted by Gasteiger charge is 2.17. The van der Waals surface area contributed by atoms with E-state index in [1.165, 1.54) is 0 Å². The molecule has 1 heterocycles. The first kappa shape index (κ1) is 5.97. The molecule has 1 aliphatic rings. The zero-order valence-corrected chi connectivity index (χ0v) is 4.85. The highest BCUT2D eigenvalue weighted by molar-refractivity contribution is 4.61. The normalized spacial score (nSPS) is 38.2. The molecule has 0 unspecified atom stereocenters. The number of ether oxygens (including phenoxy) is 1. The molecule has 0 bridgehead atoms.